The highest BCUT2D eigenvalue weighted by atomic mass is 32.2. The SMILES string of the molecule is Cc1cc(F)ccc1S(=O)(=O)N1CC(n2ccnn2)C1. The zero-order valence-corrected chi connectivity index (χ0v) is 11.6. The maximum absolute atomic E-state index is 13.1. The zero-order valence-electron chi connectivity index (χ0n) is 10.8. The van der Waals surface area contributed by atoms with Gasteiger partial charge in [0.15, 0.2) is 0 Å². The summed E-state index contributed by atoms with van der Waals surface area (Å²) in [7, 11) is -3.57. The summed E-state index contributed by atoms with van der Waals surface area (Å²) >= 11 is 0. The molecule has 20 heavy (non-hydrogen) atoms. The van der Waals surface area contributed by atoms with Crippen molar-refractivity contribution in [3.8, 4) is 0 Å². The number of halogens is 1. The van der Waals surface area contributed by atoms with E-state index in [0.29, 0.717) is 18.7 Å². The standard InChI is InChI=1S/C12H13FN4O2S/c1-9-6-10(13)2-3-12(9)20(18,19)16-7-11(8-16)17-5-4-14-15-17/h2-6,11H,7-8H2,1H3. The van der Waals surface area contributed by atoms with Gasteiger partial charge in [0.25, 0.3) is 0 Å². The molecule has 6 nitrogen and oxygen atoms in total. The van der Waals surface area contributed by atoms with Crippen LogP contribution < -0.4 is 0 Å². The fraction of sp³-hybridized carbons (Fsp3) is 0.333. The molecule has 0 aliphatic carbocycles. The van der Waals surface area contributed by atoms with Crippen LogP contribution in [0.4, 0.5) is 4.39 Å². The van der Waals surface area contributed by atoms with Crippen LogP contribution in [-0.4, -0.2) is 40.8 Å². The molecule has 0 saturated carbocycles. The number of nitrogens with zero attached hydrogens (tertiary/aromatic N) is 4. The zero-order chi connectivity index (χ0) is 14.3. The normalized spacial score (nSPS) is 17.1. The van der Waals surface area contributed by atoms with Gasteiger partial charge in [-0.15, -0.1) is 5.10 Å². The molecular weight excluding hydrogens is 283 g/mol. The van der Waals surface area contributed by atoms with E-state index in [-0.39, 0.29) is 10.9 Å². The lowest BCUT2D eigenvalue weighted by Crippen LogP contribution is -2.50. The first-order valence-electron chi connectivity index (χ1n) is 6.10. The molecule has 0 bridgehead atoms. The molecule has 0 N–H and O–H groups in total. The van der Waals surface area contributed by atoms with E-state index < -0.39 is 15.8 Å². The summed E-state index contributed by atoms with van der Waals surface area (Å²) in [5.41, 5.74) is 0.411. The smallest absolute Gasteiger partial charge is 0.243 e. The number of aryl methyl sites for hydroxylation is 1. The second-order valence-electron chi connectivity index (χ2n) is 4.77. The van der Waals surface area contributed by atoms with Gasteiger partial charge in [-0.2, -0.15) is 4.31 Å². The average molecular weight is 296 g/mol. The van der Waals surface area contributed by atoms with Crippen molar-refractivity contribution in [1.29, 1.82) is 0 Å². The summed E-state index contributed by atoms with van der Waals surface area (Å²) in [4.78, 5) is 0.149. The monoisotopic (exact) mass is 296 g/mol. The van der Waals surface area contributed by atoms with Gasteiger partial charge in [0.2, 0.25) is 10.0 Å². The Labute approximate surface area is 115 Å². The molecule has 0 unspecified atom stereocenters. The molecule has 3 rings (SSSR count). The third kappa shape index (κ3) is 2.10. The molecule has 1 aliphatic rings. The quantitative estimate of drug-likeness (QED) is 0.846. The molecule has 0 radical (unpaired) electrons. The number of rotatable bonds is 3. The highest BCUT2D eigenvalue weighted by Gasteiger charge is 2.38. The highest BCUT2D eigenvalue weighted by molar-refractivity contribution is 7.89. The molecule has 1 aliphatic heterocycles. The Kier molecular flexibility index (Phi) is 3.06. The number of hydrogen-bond acceptors (Lipinski definition) is 4. The fourth-order valence-electron chi connectivity index (χ4n) is 2.23. The van der Waals surface area contributed by atoms with Gasteiger partial charge >= 0.3 is 0 Å². The van der Waals surface area contributed by atoms with E-state index in [0.717, 1.165) is 6.07 Å². The van der Waals surface area contributed by atoms with Crippen molar-refractivity contribution in [1.82, 2.24) is 19.3 Å². The predicted molar refractivity (Wildman–Crippen MR) is 69.0 cm³/mol. The summed E-state index contributed by atoms with van der Waals surface area (Å²) in [5.74, 6) is -0.439. The van der Waals surface area contributed by atoms with Crippen LogP contribution >= 0.6 is 0 Å². The predicted octanol–water partition coefficient (Wildman–Crippen LogP) is 0.971. The van der Waals surface area contributed by atoms with Gasteiger partial charge < -0.3 is 0 Å². The van der Waals surface area contributed by atoms with Gasteiger partial charge in [-0.3, -0.25) is 0 Å². The van der Waals surface area contributed by atoms with Crippen molar-refractivity contribution in [3.05, 3.63) is 42.0 Å². The van der Waals surface area contributed by atoms with E-state index in [9.17, 15) is 12.8 Å². The Morgan fingerprint density at radius 3 is 2.70 bits per heavy atom. The lowest BCUT2D eigenvalue weighted by molar-refractivity contribution is 0.189. The van der Waals surface area contributed by atoms with Gasteiger partial charge in [0.1, 0.15) is 5.82 Å². The third-order valence-electron chi connectivity index (χ3n) is 3.40. The van der Waals surface area contributed by atoms with Gasteiger partial charge in [-0.1, -0.05) is 5.21 Å². The van der Waals surface area contributed by atoms with Crippen molar-refractivity contribution in [2.75, 3.05) is 13.1 Å². The number of hydrogen-bond donors (Lipinski definition) is 0. The number of aromatic nitrogens is 3. The van der Waals surface area contributed by atoms with Crippen LogP contribution in [0.3, 0.4) is 0 Å². The maximum atomic E-state index is 13.1. The minimum Gasteiger partial charge on any atom is -0.247 e. The topological polar surface area (TPSA) is 68.1 Å². The largest absolute Gasteiger partial charge is 0.247 e. The summed E-state index contributed by atoms with van der Waals surface area (Å²) < 4.78 is 40.9. The first-order valence-corrected chi connectivity index (χ1v) is 7.54. The second-order valence-corrected chi connectivity index (χ2v) is 6.68. The Balaban J connectivity index is 1.81. The van der Waals surface area contributed by atoms with Crippen LogP contribution in [0.1, 0.15) is 11.6 Å². The molecule has 1 fully saturated rings. The molecule has 2 aromatic rings. The first kappa shape index (κ1) is 13.2. The van der Waals surface area contributed by atoms with Crippen LogP contribution in [0.2, 0.25) is 0 Å². The molecule has 1 aromatic heterocycles. The summed E-state index contributed by atoms with van der Waals surface area (Å²) in [5, 5.41) is 7.55. The van der Waals surface area contributed by atoms with Crippen molar-refractivity contribution < 1.29 is 12.8 Å². The third-order valence-corrected chi connectivity index (χ3v) is 5.39. The van der Waals surface area contributed by atoms with E-state index >= 15 is 0 Å². The van der Waals surface area contributed by atoms with E-state index in [4.69, 9.17) is 0 Å². The fourth-order valence-corrected chi connectivity index (χ4v) is 3.95. The van der Waals surface area contributed by atoms with Crippen LogP contribution in [0, 0.1) is 12.7 Å². The molecule has 2 heterocycles. The lowest BCUT2D eigenvalue weighted by atomic mass is 10.2. The molecule has 0 amide bonds. The van der Waals surface area contributed by atoms with E-state index in [1.54, 1.807) is 24.0 Å². The Hall–Kier alpha value is -1.80. The Morgan fingerprint density at radius 1 is 1.35 bits per heavy atom. The minimum atomic E-state index is -3.57. The minimum absolute atomic E-state index is 0.00743. The van der Waals surface area contributed by atoms with Gasteiger partial charge in [-0.25, -0.2) is 17.5 Å². The molecule has 1 saturated heterocycles. The molecule has 8 heteroatoms. The van der Waals surface area contributed by atoms with E-state index in [1.165, 1.54) is 16.4 Å². The molecule has 0 atom stereocenters. The van der Waals surface area contributed by atoms with Gasteiger partial charge in [-0.05, 0) is 30.7 Å². The van der Waals surface area contributed by atoms with E-state index in [2.05, 4.69) is 10.3 Å². The summed E-state index contributed by atoms with van der Waals surface area (Å²) in [6, 6.07) is 3.70. The first-order chi connectivity index (χ1) is 9.48. The van der Waals surface area contributed by atoms with Gasteiger partial charge in [0.05, 0.1) is 17.1 Å². The van der Waals surface area contributed by atoms with Crippen LogP contribution in [0.15, 0.2) is 35.5 Å². The highest BCUT2D eigenvalue weighted by Crippen LogP contribution is 2.29. The summed E-state index contributed by atoms with van der Waals surface area (Å²) in [6.07, 6.45) is 3.26. The number of benzene rings is 1. The van der Waals surface area contributed by atoms with E-state index in [1.807, 2.05) is 0 Å². The molecule has 106 valence electrons. The molecular formula is C12H13FN4O2S. The molecule has 0 spiro atoms. The maximum Gasteiger partial charge on any atom is 0.243 e. The number of sulfonamides is 1. The molecule has 1 aromatic carbocycles. The Bertz CT molecular complexity index is 724. The van der Waals surface area contributed by atoms with Crippen molar-refractivity contribution in [2.45, 2.75) is 17.9 Å². The second kappa shape index (κ2) is 4.64. The Morgan fingerprint density at radius 2 is 2.10 bits per heavy atom. The van der Waals surface area contributed by atoms with Gasteiger partial charge in [0, 0.05) is 19.3 Å². The summed E-state index contributed by atoms with van der Waals surface area (Å²) in [6.45, 7) is 2.29. The van der Waals surface area contributed by atoms with Crippen LogP contribution in [-0.2, 0) is 10.0 Å². The van der Waals surface area contributed by atoms with Crippen molar-refractivity contribution in [2.24, 2.45) is 0 Å². The van der Waals surface area contributed by atoms with Crippen molar-refractivity contribution in [3.63, 3.8) is 0 Å². The lowest BCUT2D eigenvalue weighted by Gasteiger charge is -2.37. The van der Waals surface area contributed by atoms with Crippen LogP contribution in [0.25, 0.3) is 0 Å². The van der Waals surface area contributed by atoms with Crippen molar-refractivity contribution >= 4 is 10.0 Å². The average Bonchev–Trinajstić information content (AvgIpc) is 2.79. The van der Waals surface area contributed by atoms with Crippen LogP contribution in [0.5, 0.6) is 0 Å².